The van der Waals surface area contributed by atoms with Gasteiger partial charge in [0, 0.05) is 39.5 Å². The molecule has 1 aromatic carbocycles. The zero-order chi connectivity index (χ0) is 24.1. The second-order valence-electron chi connectivity index (χ2n) is 8.24. The molecule has 0 saturated heterocycles. The van der Waals surface area contributed by atoms with Gasteiger partial charge >= 0.3 is 0 Å². The molecule has 6 rings (SSSR count). The fraction of sp³-hybridized carbons (Fsp3) is 0.125. The number of nitrogens with zero attached hydrogens (tertiary/aromatic N) is 5. The second-order valence-corrected chi connectivity index (χ2v) is 9.64. The molecule has 1 aliphatic rings. The molecule has 0 spiro atoms. The minimum absolute atomic E-state index is 0.120. The van der Waals surface area contributed by atoms with Crippen LogP contribution in [0.25, 0.3) is 33.6 Å². The average Bonchev–Trinajstić information content (AvgIpc) is 3.59. The molecule has 8 nitrogen and oxygen atoms in total. The first-order chi connectivity index (χ1) is 17.0. The molecule has 5 aromatic rings. The molecule has 3 N–H and O–H groups in total. The molecule has 4 aromatic heterocycles. The van der Waals surface area contributed by atoms with E-state index < -0.39 is 0 Å². The summed E-state index contributed by atoms with van der Waals surface area (Å²) in [5, 5.41) is 6.98. The number of fused-ring (bicyclic) bond motifs is 1. The van der Waals surface area contributed by atoms with Crippen LogP contribution < -0.4 is 11.3 Å². The molecular formula is C24H17Cl2N7OS. The Morgan fingerprint density at radius 2 is 1.97 bits per heavy atom. The Bertz CT molecular complexity index is 1610. The number of nitrogens with two attached hydrogens (primary N) is 1. The molecule has 1 aliphatic heterocycles. The molecule has 0 fully saturated rings. The molecule has 0 amide bonds. The van der Waals surface area contributed by atoms with Gasteiger partial charge in [-0.25, -0.2) is 9.97 Å². The third-order valence-electron chi connectivity index (χ3n) is 6.13. The lowest BCUT2D eigenvalue weighted by Gasteiger charge is -2.14. The molecule has 174 valence electrons. The molecule has 35 heavy (non-hydrogen) atoms. The molecule has 0 bridgehead atoms. The van der Waals surface area contributed by atoms with Crippen molar-refractivity contribution in [1.82, 2.24) is 29.1 Å². The smallest absolute Gasteiger partial charge is 0.252 e. The number of hydrogen-bond donors (Lipinski definition) is 2. The molecule has 1 atom stereocenters. The number of anilines is 1. The van der Waals surface area contributed by atoms with Gasteiger partial charge in [-0.2, -0.15) is 0 Å². The molecule has 0 radical (unpaired) electrons. The van der Waals surface area contributed by atoms with Gasteiger partial charge in [-0.15, -0.1) is 5.10 Å². The monoisotopic (exact) mass is 521 g/mol. The Labute approximate surface area is 213 Å². The normalized spacial score (nSPS) is 14.9. The zero-order valence-corrected chi connectivity index (χ0v) is 20.4. The van der Waals surface area contributed by atoms with Crippen molar-refractivity contribution in [1.29, 1.82) is 0 Å². The summed E-state index contributed by atoms with van der Waals surface area (Å²) in [6.45, 7) is 0. The number of imidazole rings is 1. The van der Waals surface area contributed by atoms with Gasteiger partial charge in [0.25, 0.3) is 5.56 Å². The number of rotatable bonds is 4. The van der Waals surface area contributed by atoms with E-state index in [9.17, 15) is 4.79 Å². The quantitative estimate of drug-likeness (QED) is 0.334. The van der Waals surface area contributed by atoms with Crippen molar-refractivity contribution < 1.29 is 0 Å². The first kappa shape index (κ1) is 22.0. The maximum Gasteiger partial charge on any atom is 0.252 e. The molecule has 11 heteroatoms. The number of aromatic amines is 1. The van der Waals surface area contributed by atoms with Gasteiger partial charge in [0.05, 0.1) is 11.7 Å². The minimum Gasteiger partial charge on any atom is -0.384 e. The summed E-state index contributed by atoms with van der Waals surface area (Å²) >= 11 is 14.0. The Morgan fingerprint density at radius 1 is 1.09 bits per heavy atom. The van der Waals surface area contributed by atoms with Gasteiger partial charge in [-0.1, -0.05) is 33.8 Å². The predicted octanol–water partition coefficient (Wildman–Crippen LogP) is 5.24. The third kappa shape index (κ3) is 3.91. The maximum atomic E-state index is 13.4. The molecular weight excluding hydrogens is 505 g/mol. The maximum absolute atomic E-state index is 13.4. The fourth-order valence-corrected chi connectivity index (χ4v) is 5.42. The largest absolute Gasteiger partial charge is 0.384 e. The highest BCUT2D eigenvalue weighted by molar-refractivity contribution is 7.03. The highest BCUT2D eigenvalue weighted by Crippen LogP contribution is 2.37. The van der Waals surface area contributed by atoms with Crippen LogP contribution in [0.4, 0.5) is 5.82 Å². The summed E-state index contributed by atoms with van der Waals surface area (Å²) in [6, 6.07) is 12.5. The number of nitrogen functional groups attached to an aromatic ring is 1. The Morgan fingerprint density at radius 3 is 2.74 bits per heavy atom. The first-order valence-electron chi connectivity index (χ1n) is 10.8. The van der Waals surface area contributed by atoms with E-state index >= 15 is 0 Å². The van der Waals surface area contributed by atoms with Gasteiger partial charge in [0.1, 0.15) is 17.3 Å². The van der Waals surface area contributed by atoms with E-state index in [2.05, 4.69) is 24.5 Å². The van der Waals surface area contributed by atoms with E-state index in [0.29, 0.717) is 27.5 Å². The van der Waals surface area contributed by atoms with E-state index in [-0.39, 0.29) is 11.6 Å². The van der Waals surface area contributed by atoms with Crippen LogP contribution in [0.5, 0.6) is 0 Å². The first-order valence-corrected chi connectivity index (χ1v) is 12.4. The van der Waals surface area contributed by atoms with E-state index in [1.807, 2.05) is 35.7 Å². The minimum atomic E-state index is -0.249. The topological polar surface area (TPSA) is 115 Å². The van der Waals surface area contributed by atoms with Gasteiger partial charge in [-0.05, 0) is 65.8 Å². The van der Waals surface area contributed by atoms with Crippen molar-refractivity contribution in [2.75, 3.05) is 5.73 Å². The standard InChI is InChI=1S/C24H17Cl2N7OS/c25-14-2-4-16(18-11-35-32-31-18)17(9-14)13-7-15-3-5-19(33(15)21(34)8-13)24-29-22(23(26)30-24)12-1-6-20(27)28-10-12/h1-2,4,6-11,19H,3,5H2,(H2,27,28)(H,29,30)/t19-/m0/s1. The Kier molecular flexibility index (Phi) is 5.40. The fourth-order valence-electron chi connectivity index (χ4n) is 4.54. The van der Waals surface area contributed by atoms with E-state index in [0.717, 1.165) is 46.5 Å². The van der Waals surface area contributed by atoms with Gasteiger partial charge in [0.2, 0.25) is 0 Å². The van der Waals surface area contributed by atoms with Crippen LogP contribution in [0.1, 0.15) is 24.0 Å². The van der Waals surface area contributed by atoms with E-state index in [1.165, 1.54) is 11.5 Å². The molecule has 0 unspecified atom stereocenters. The second kappa shape index (κ2) is 8.60. The van der Waals surface area contributed by atoms with Crippen LogP contribution in [0.15, 0.2) is 58.8 Å². The predicted molar refractivity (Wildman–Crippen MR) is 138 cm³/mol. The number of aryl methyl sites for hydroxylation is 1. The zero-order valence-electron chi connectivity index (χ0n) is 18.1. The van der Waals surface area contributed by atoms with Gasteiger partial charge in [0.15, 0.2) is 5.15 Å². The number of hydrogen-bond acceptors (Lipinski definition) is 7. The lowest BCUT2D eigenvalue weighted by molar-refractivity contribution is 0.572. The number of pyridine rings is 2. The summed E-state index contributed by atoms with van der Waals surface area (Å²) in [4.78, 5) is 25.3. The van der Waals surface area contributed by atoms with Crippen LogP contribution in [0, 0.1) is 0 Å². The highest BCUT2D eigenvalue weighted by Gasteiger charge is 2.29. The summed E-state index contributed by atoms with van der Waals surface area (Å²) < 4.78 is 5.75. The van der Waals surface area contributed by atoms with Crippen LogP contribution in [-0.2, 0) is 6.42 Å². The van der Waals surface area contributed by atoms with Crippen molar-refractivity contribution >= 4 is 40.6 Å². The summed E-state index contributed by atoms with van der Waals surface area (Å²) in [7, 11) is 0. The number of nitrogens with one attached hydrogen (secondary N) is 1. The van der Waals surface area contributed by atoms with Crippen LogP contribution >= 0.6 is 34.7 Å². The van der Waals surface area contributed by atoms with Crippen molar-refractivity contribution in [3.8, 4) is 33.6 Å². The lowest BCUT2D eigenvalue weighted by Crippen LogP contribution is -2.23. The van der Waals surface area contributed by atoms with Crippen LogP contribution in [0.2, 0.25) is 10.2 Å². The van der Waals surface area contributed by atoms with E-state index in [1.54, 1.807) is 22.9 Å². The number of halogens is 2. The Hall–Kier alpha value is -3.53. The van der Waals surface area contributed by atoms with Crippen LogP contribution in [-0.4, -0.2) is 29.1 Å². The van der Waals surface area contributed by atoms with Gasteiger partial charge < -0.3 is 15.3 Å². The third-order valence-corrected chi connectivity index (χ3v) is 7.14. The Balaban J connectivity index is 1.41. The number of benzene rings is 1. The van der Waals surface area contributed by atoms with Gasteiger partial charge in [-0.3, -0.25) is 4.79 Å². The summed E-state index contributed by atoms with van der Waals surface area (Å²) in [5.74, 6) is 1.05. The molecule has 0 saturated carbocycles. The highest BCUT2D eigenvalue weighted by atomic mass is 35.5. The number of H-pyrrole nitrogens is 1. The SMILES string of the molecule is Nc1ccc(-c2[nH]c([C@@H]3CCc4cc(-c5cc(Cl)ccc5-c5csnn5)cc(=O)n43)nc2Cl)cn1. The van der Waals surface area contributed by atoms with Crippen molar-refractivity contribution in [3.05, 3.63) is 86.1 Å². The van der Waals surface area contributed by atoms with Crippen molar-refractivity contribution in [2.45, 2.75) is 18.9 Å². The van der Waals surface area contributed by atoms with Crippen molar-refractivity contribution in [2.24, 2.45) is 0 Å². The average molecular weight is 522 g/mol. The summed E-state index contributed by atoms with van der Waals surface area (Å²) in [5.41, 5.74) is 11.2. The van der Waals surface area contributed by atoms with Crippen molar-refractivity contribution in [3.63, 3.8) is 0 Å². The van der Waals surface area contributed by atoms with Crippen LogP contribution in [0.3, 0.4) is 0 Å². The lowest BCUT2D eigenvalue weighted by atomic mass is 9.98. The molecule has 5 heterocycles. The van der Waals surface area contributed by atoms with E-state index in [4.69, 9.17) is 28.9 Å². The molecule has 0 aliphatic carbocycles. The summed E-state index contributed by atoms with van der Waals surface area (Å²) in [6.07, 6.45) is 3.08. The number of aromatic nitrogens is 6.